The molecule has 12 rings (SSSR count). The van der Waals surface area contributed by atoms with E-state index in [1.165, 1.54) is 95.7 Å². The Kier molecular flexibility index (Phi) is 6.10. The Morgan fingerprint density at radius 1 is 0.358 bits per heavy atom. The summed E-state index contributed by atoms with van der Waals surface area (Å²) in [4.78, 5) is 2.48. The summed E-state index contributed by atoms with van der Waals surface area (Å²) in [6, 6.07) is 67.7. The van der Waals surface area contributed by atoms with Crippen LogP contribution in [-0.4, -0.2) is 18.9 Å². The van der Waals surface area contributed by atoms with Crippen LogP contribution in [0.1, 0.15) is 0 Å². The first-order valence-electron chi connectivity index (χ1n) is 18.2. The molecule has 0 aliphatic heterocycles. The van der Waals surface area contributed by atoms with Gasteiger partial charge in [0.05, 0.1) is 0 Å². The summed E-state index contributed by atoms with van der Waals surface area (Å²) in [6.07, 6.45) is 0. The van der Waals surface area contributed by atoms with Crippen LogP contribution in [0.2, 0.25) is 0 Å². The maximum absolute atomic E-state index is 2.57. The molecule has 0 aliphatic carbocycles. The predicted molar refractivity (Wildman–Crippen MR) is 228 cm³/mol. The minimum absolute atomic E-state index is 0.166. The molecule has 0 saturated heterocycles. The van der Waals surface area contributed by atoms with Gasteiger partial charge in [0.2, 0.25) is 0 Å². The van der Waals surface area contributed by atoms with Crippen molar-refractivity contribution in [1.82, 2.24) is 4.40 Å². The van der Waals surface area contributed by atoms with E-state index in [-0.39, 0.29) is 14.5 Å². The van der Waals surface area contributed by atoms with Gasteiger partial charge in [-0.2, -0.15) is 0 Å². The number of fused-ring (bicyclic) bond motifs is 8. The van der Waals surface area contributed by atoms with Crippen molar-refractivity contribution < 1.29 is 0 Å². The van der Waals surface area contributed by atoms with Crippen molar-refractivity contribution in [2.75, 3.05) is 4.90 Å². The van der Waals surface area contributed by atoms with Crippen molar-refractivity contribution in [1.29, 1.82) is 0 Å². The molecule has 0 amide bonds. The molecule has 0 spiro atoms. The Labute approximate surface area is 311 Å². The molecule has 3 aromatic heterocycles. The van der Waals surface area contributed by atoms with Crippen molar-refractivity contribution in [3.05, 3.63) is 182 Å². The van der Waals surface area contributed by atoms with Crippen molar-refractivity contribution in [3.8, 4) is 11.1 Å². The predicted octanol–water partition coefficient (Wildman–Crippen LogP) is 13.6. The van der Waals surface area contributed by atoms with Gasteiger partial charge in [0.15, 0.2) is 0 Å². The standard InChI is InChI=1S/C50H30N2Se/c1-2-11-31(12-3-1)33-14-8-15-35(27-33)51(36-25-26-39-34(28-36)24-23-32-13-4-5-16-38(32)39)37-29-45-49-47(30-37)53-46-22-10-18-41(48(46)49)43-20-9-19-42-40-17-6-7-21-44(40)52(45)50(42)43/h1-30H. The zero-order valence-corrected chi connectivity index (χ0v) is 30.3. The van der Waals surface area contributed by atoms with Crippen LogP contribution in [0, 0.1) is 0 Å². The van der Waals surface area contributed by atoms with Gasteiger partial charge in [-0.3, -0.25) is 0 Å². The summed E-state index contributed by atoms with van der Waals surface area (Å²) < 4.78 is 5.46. The summed E-state index contributed by atoms with van der Waals surface area (Å²) in [5.74, 6) is 0. The van der Waals surface area contributed by atoms with Gasteiger partial charge >= 0.3 is 313 Å². The molecular formula is C50H30N2Se. The number of anilines is 3. The number of nitrogens with zero attached hydrogens (tertiary/aromatic N) is 2. The topological polar surface area (TPSA) is 7.65 Å². The number of benzene rings is 9. The van der Waals surface area contributed by atoms with Crippen LogP contribution in [-0.2, 0) is 0 Å². The summed E-state index contributed by atoms with van der Waals surface area (Å²) in [5, 5.41) is 13.1. The second-order valence-corrected chi connectivity index (χ2v) is 16.4. The number of aromatic nitrogens is 1. The second kappa shape index (κ2) is 11.1. The van der Waals surface area contributed by atoms with E-state index in [0.29, 0.717) is 0 Å². The first kappa shape index (κ1) is 29.2. The van der Waals surface area contributed by atoms with Gasteiger partial charge in [-0.15, -0.1) is 0 Å². The second-order valence-electron chi connectivity index (χ2n) is 14.1. The molecule has 2 nitrogen and oxygen atoms in total. The average Bonchev–Trinajstić information content (AvgIpc) is 3.73. The van der Waals surface area contributed by atoms with Crippen LogP contribution in [0.25, 0.3) is 90.1 Å². The zero-order valence-electron chi connectivity index (χ0n) is 28.6. The molecule has 53 heavy (non-hydrogen) atoms. The summed E-state index contributed by atoms with van der Waals surface area (Å²) in [7, 11) is 0. The Bertz CT molecular complexity index is 3410. The van der Waals surface area contributed by atoms with Crippen molar-refractivity contribution in [2.24, 2.45) is 0 Å². The number of para-hydroxylation sites is 2. The fourth-order valence-electron chi connectivity index (χ4n) is 8.97. The number of hydrogen-bond acceptors (Lipinski definition) is 1. The van der Waals surface area contributed by atoms with Gasteiger partial charge in [-0.25, -0.2) is 0 Å². The molecule has 0 saturated carbocycles. The first-order valence-corrected chi connectivity index (χ1v) is 19.9. The van der Waals surface area contributed by atoms with Crippen molar-refractivity contribution >= 4 is 110 Å². The van der Waals surface area contributed by atoms with Gasteiger partial charge in [-0.05, 0) is 0 Å². The molecule has 0 bridgehead atoms. The fraction of sp³-hybridized carbons (Fsp3) is 0. The van der Waals surface area contributed by atoms with E-state index < -0.39 is 0 Å². The number of hydrogen-bond donors (Lipinski definition) is 0. The van der Waals surface area contributed by atoms with Crippen molar-refractivity contribution in [2.45, 2.75) is 0 Å². The van der Waals surface area contributed by atoms with Gasteiger partial charge < -0.3 is 0 Å². The quantitative estimate of drug-likeness (QED) is 0.129. The van der Waals surface area contributed by atoms with Gasteiger partial charge in [0.1, 0.15) is 0 Å². The normalized spacial score (nSPS) is 12.2. The first-order chi connectivity index (χ1) is 26.3. The van der Waals surface area contributed by atoms with E-state index in [1.54, 1.807) is 0 Å². The molecule has 246 valence electrons. The van der Waals surface area contributed by atoms with Crippen LogP contribution < -0.4 is 4.90 Å². The molecule has 12 aromatic rings. The minimum atomic E-state index is 0.166. The molecule has 3 heteroatoms. The third-order valence-corrected chi connectivity index (χ3v) is 13.6. The molecule has 0 N–H and O–H groups in total. The fourth-order valence-corrected chi connectivity index (χ4v) is 11.5. The van der Waals surface area contributed by atoms with E-state index in [4.69, 9.17) is 0 Å². The molecule has 3 heterocycles. The van der Waals surface area contributed by atoms with Gasteiger partial charge in [-0.1, -0.05) is 0 Å². The van der Waals surface area contributed by atoms with E-state index in [9.17, 15) is 0 Å². The monoisotopic (exact) mass is 738 g/mol. The van der Waals surface area contributed by atoms with E-state index in [0.717, 1.165) is 11.4 Å². The zero-order chi connectivity index (χ0) is 34.6. The summed E-state index contributed by atoms with van der Waals surface area (Å²) in [5.41, 5.74) is 9.67. The van der Waals surface area contributed by atoms with Crippen LogP contribution >= 0.6 is 0 Å². The third kappa shape index (κ3) is 4.21. The van der Waals surface area contributed by atoms with E-state index in [2.05, 4.69) is 191 Å². The molecule has 0 aliphatic rings. The summed E-state index contributed by atoms with van der Waals surface area (Å²) >= 11 is 0.166. The molecular weight excluding hydrogens is 708 g/mol. The van der Waals surface area contributed by atoms with Gasteiger partial charge in [0, 0.05) is 0 Å². The van der Waals surface area contributed by atoms with Crippen LogP contribution in [0.3, 0.4) is 0 Å². The van der Waals surface area contributed by atoms with Gasteiger partial charge in [0.25, 0.3) is 0 Å². The van der Waals surface area contributed by atoms with Crippen LogP contribution in [0.5, 0.6) is 0 Å². The van der Waals surface area contributed by atoms with Crippen LogP contribution in [0.4, 0.5) is 17.1 Å². The third-order valence-electron chi connectivity index (χ3n) is 11.2. The van der Waals surface area contributed by atoms with Crippen LogP contribution in [0.15, 0.2) is 182 Å². The SMILES string of the molecule is c1ccc(-c2cccc(N(c3ccc4c(ccc5ccccc54)c3)c3cc4[se]c5cccc6c7cccc8c9ccccc9n(c(c3)c4c56)c78)c2)cc1. The Hall–Kier alpha value is -6.38. The van der Waals surface area contributed by atoms with E-state index in [1.807, 2.05) is 0 Å². The maximum atomic E-state index is 2.57. The average molecular weight is 738 g/mol. The Balaban J connectivity index is 1.22. The molecule has 0 atom stereocenters. The molecule has 9 aromatic carbocycles. The Morgan fingerprint density at radius 3 is 1.96 bits per heavy atom. The van der Waals surface area contributed by atoms with Crippen molar-refractivity contribution in [3.63, 3.8) is 0 Å². The van der Waals surface area contributed by atoms with E-state index >= 15 is 0 Å². The molecule has 0 radical (unpaired) electrons. The summed E-state index contributed by atoms with van der Waals surface area (Å²) in [6.45, 7) is 0. The molecule has 0 unspecified atom stereocenters. The Morgan fingerprint density at radius 2 is 1.04 bits per heavy atom. The number of rotatable bonds is 4. The molecule has 0 fully saturated rings.